The van der Waals surface area contributed by atoms with Gasteiger partial charge >= 0.3 is 5.97 Å². The highest BCUT2D eigenvalue weighted by molar-refractivity contribution is 5.76. The number of hydrogen-bond donors (Lipinski definition) is 3. The van der Waals surface area contributed by atoms with E-state index in [1.807, 2.05) is 0 Å². The number of nitrogens with one attached hydrogen (secondary N) is 1. The van der Waals surface area contributed by atoms with Crippen molar-refractivity contribution in [1.29, 1.82) is 0 Å². The Morgan fingerprint density at radius 3 is 0.952 bits per heavy atom. The third-order valence-corrected chi connectivity index (χ3v) is 18.0. The van der Waals surface area contributed by atoms with Crippen molar-refractivity contribution in [2.75, 3.05) is 13.2 Å². The zero-order chi connectivity index (χ0) is 59.9. The average molecular weight is 1170 g/mol. The van der Waals surface area contributed by atoms with Crippen LogP contribution in [0.5, 0.6) is 0 Å². The van der Waals surface area contributed by atoms with E-state index >= 15 is 0 Å². The summed E-state index contributed by atoms with van der Waals surface area (Å²) in [6.07, 6.45) is 92.6. The third kappa shape index (κ3) is 69.3. The zero-order valence-electron chi connectivity index (χ0n) is 56.5. The van der Waals surface area contributed by atoms with E-state index in [-0.39, 0.29) is 18.5 Å². The van der Waals surface area contributed by atoms with E-state index in [0.29, 0.717) is 25.9 Å². The zero-order valence-corrected chi connectivity index (χ0v) is 56.5. The number of aliphatic hydroxyl groups is 2. The normalized spacial score (nSPS) is 12.6. The number of aliphatic hydroxyl groups excluding tert-OH is 2. The maximum Gasteiger partial charge on any atom is 0.305 e. The van der Waals surface area contributed by atoms with Crippen molar-refractivity contribution in [3.8, 4) is 0 Å². The van der Waals surface area contributed by atoms with Crippen LogP contribution in [0.3, 0.4) is 0 Å². The molecule has 0 aromatic heterocycles. The van der Waals surface area contributed by atoms with Gasteiger partial charge in [-0.15, -0.1) is 0 Å². The van der Waals surface area contributed by atoms with Crippen molar-refractivity contribution in [1.82, 2.24) is 5.32 Å². The molecular weight excluding hydrogens is 1020 g/mol. The summed E-state index contributed by atoms with van der Waals surface area (Å²) < 4.78 is 5.49. The van der Waals surface area contributed by atoms with Gasteiger partial charge in [0.2, 0.25) is 5.91 Å². The average Bonchev–Trinajstić information content (AvgIpc) is 3.49. The largest absolute Gasteiger partial charge is 0.466 e. The summed E-state index contributed by atoms with van der Waals surface area (Å²) in [5.74, 6) is -0.0183. The number of hydrogen-bond acceptors (Lipinski definition) is 5. The number of carbonyl (C=O) groups is 2. The Kier molecular flexibility index (Phi) is 71.4. The van der Waals surface area contributed by atoms with Gasteiger partial charge in [0.1, 0.15) is 0 Å². The molecule has 6 heteroatoms. The predicted molar refractivity (Wildman–Crippen MR) is 366 cm³/mol. The smallest absolute Gasteiger partial charge is 0.305 e. The van der Waals surface area contributed by atoms with Gasteiger partial charge in [-0.25, -0.2) is 0 Å². The fourth-order valence-electron chi connectivity index (χ4n) is 12.2. The maximum absolute atomic E-state index is 12.6. The van der Waals surface area contributed by atoms with Gasteiger partial charge < -0.3 is 20.3 Å². The van der Waals surface area contributed by atoms with Crippen LogP contribution >= 0.6 is 0 Å². The lowest BCUT2D eigenvalue weighted by Crippen LogP contribution is -2.45. The van der Waals surface area contributed by atoms with E-state index in [1.165, 1.54) is 347 Å². The van der Waals surface area contributed by atoms with Crippen LogP contribution in [0, 0.1) is 0 Å². The van der Waals surface area contributed by atoms with Crippen LogP contribution in [-0.4, -0.2) is 47.4 Å². The van der Waals surface area contributed by atoms with Crippen LogP contribution in [-0.2, 0) is 14.3 Å². The Bertz CT molecular complexity index is 1300. The van der Waals surface area contributed by atoms with Crippen molar-refractivity contribution in [3.05, 3.63) is 24.3 Å². The molecule has 0 aliphatic heterocycles. The van der Waals surface area contributed by atoms with Crippen molar-refractivity contribution < 1.29 is 24.5 Å². The van der Waals surface area contributed by atoms with Crippen LogP contribution in [0.2, 0.25) is 0 Å². The number of carbonyl (C=O) groups excluding carboxylic acids is 2. The van der Waals surface area contributed by atoms with Gasteiger partial charge in [0.25, 0.3) is 0 Å². The number of ether oxygens (including phenoxy) is 1. The molecule has 0 aromatic carbocycles. The van der Waals surface area contributed by atoms with Crippen LogP contribution in [0.15, 0.2) is 24.3 Å². The Morgan fingerprint density at radius 1 is 0.337 bits per heavy atom. The second-order valence-electron chi connectivity index (χ2n) is 26.3. The molecule has 0 rings (SSSR count). The molecule has 0 aromatic rings. The highest BCUT2D eigenvalue weighted by Gasteiger charge is 2.20. The summed E-state index contributed by atoms with van der Waals surface area (Å²) in [4.78, 5) is 24.6. The molecule has 3 N–H and O–H groups in total. The number of allylic oxidation sites excluding steroid dienone is 4. The first-order valence-electron chi connectivity index (χ1n) is 38.1. The molecule has 2 atom stereocenters. The Balaban J connectivity index is 3.33. The van der Waals surface area contributed by atoms with Crippen LogP contribution < -0.4 is 5.32 Å². The van der Waals surface area contributed by atoms with E-state index in [4.69, 9.17) is 4.74 Å². The summed E-state index contributed by atoms with van der Waals surface area (Å²) >= 11 is 0. The van der Waals surface area contributed by atoms with E-state index < -0.39 is 12.1 Å². The molecule has 1 amide bonds. The minimum Gasteiger partial charge on any atom is -0.466 e. The summed E-state index contributed by atoms with van der Waals surface area (Å²) in [6.45, 7) is 4.95. The molecule has 0 saturated heterocycles. The number of rotatable bonds is 72. The van der Waals surface area contributed by atoms with E-state index in [1.54, 1.807) is 0 Å². The van der Waals surface area contributed by atoms with Crippen molar-refractivity contribution in [2.45, 2.75) is 443 Å². The van der Waals surface area contributed by atoms with Gasteiger partial charge in [0.05, 0.1) is 25.4 Å². The molecule has 0 aliphatic rings. The Hall–Kier alpha value is -1.66. The third-order valence-electron chi connectivity index (χ3n) is 18.0. The molecule has 83 heavy (non-hydrogen) atoms. The minimum absolute atomic E-state index is 0.00731. The van der Waals surface area contributed by atoms with Crippen LogP contribution in [0.25, 0.3) is 0 Å². The predicted octanol–water partition coefficient (Wildman–Crippen LogP) is 24.9. The number of unbranched alkanes of at least 4 members (excludes halogenated alkanes) is 57. The SMILES string of the molecule is CCCC/C=C\C/C=C\CCCCCCCC(=O)OCCCCCCCCCCCCCCCCCCCCCCCCCCCCCCCCCCC(=O)NC(CO)C(O)CCCCCCCCCCCCCCCCCCCCCC. The fourth-order valence-corrected chi connectivity index (χ4v) is 12.2. The highest BCUT2D eigenvalue weighted by atomic mass is 16.5. The Morgan fingerprint density at radius 2 is 0.614 bits per heavy atom. The molecule has 0 saturated carbocycles. The second-order valence-corrected chi connectivity index (χ2v) is 26.3. The van der Waals surface area contributed by atoms with Crippen LogP contribution in [0.1, 0.15) is 431 Å². The fraction of sp³-hybridized carbons (Fsp3) is 0.922. The lowest BCUT2D eigenvalue weighted by molar-refractivity contribution is -0.143. The van der Waals surface area contributed by atoms with Gasteiger partial charge in [-0.3, -0.25) is 9.59 Å². The first kappa shape index (κ1) is 81.3. The summed E-state index contributed by atoms with van der Waals surface area (Å²) in [6, 6.07) is -0.538. The molecular formula is C77H149NO5. The molecule has 492 valence electrons. The standard InChI is InChI=1S/C77H149NO5/c1-3-5-7-9-11-13-15-17-19-20-21-36-39-42-45-49-53-57-61-65-69-75(80)74(73-79)78-76(81)70-66-62-58-54-50-46-43-40-37-34-32-30-28-26-24-22-23-25-27-29-31-33-35-38-41-44-48-52-56-60-64-68-72-83-77(82)71-67-63-59-55-51-47-18-16-14-12-10-8-6-4-2/h10,12,16,18,74-75,79-80H,3-9,11,13-15,17,19-73H2,1-2H3,(H,78,81)/b12-10-,18-16-. The van der Waals surface area contributed by atoms with Gasteiger partial charge in [0, 0.05) is 12.8 Å². The summed E-state index contributed by atoms with van der Waals surface area (Å²) in [5, 5.41) is 23.4. The van der Waals surface area contributed by atoms with Crippen LogP contribution in [0.4, 0.5) is 0 Å². The van der Waals surface area contributed by atoms with Gasteiger partial charge in [0.15, 0.2) is 0 Å². The molecule has 2 unspecified atom stereocenters. The Labute approximate surface area is 520 Å². The monoisotopic (exact) mass is 1170 g/mol. The van der Waals surface area contributed by atoms with Gasteiger partial charge in [-0.2, -0.15) is 0 Å². The maximum atomic E-state index is 12.6. The topological polar surface area (TPSA) is 95.9 Å². The summed E-state index contributed by atoms with van der Waals surface area (Å²) in [5.41, 5.74) is 0. The van der Waals surface area contributed by atoms with Crippen molar-refractivity contribution in [2.24, 2.45) is 0 Å². The van der Waals surface area contributed by atoms with E-state index in [0.717, 1.165) is 51.4 Å². The minimum atomic E-state index is -0.662. The molecule has 0 aliphatic carbocycles. The van der Waals surface area contributed by atoms with Crippen molar-refractivity contribution >= 4 is 11.9 Å². The molecule has 0 bridgehead atoms. The number of esters is 1. The second kappa shape index (κ2) is 72.8. The molecule has 0 heterocycles. The molecule has 6 nitrogen and oxygen atoms in total. The summed E-state index contributed by atoms with van der Waals surface area (Å²) in [7, 11) is 0. The van der Waals surface area contributed by atoms with Gasteiger partial charge in [-0.05, 0) is 51.4 Å². The lowest BCUT2D eigenvalue weighted by atomic mass is 10.0. The molecule has 0 radical (unpaired) electrons. The molecule has 0 fully saturated rings. The lowest BCUT2D eigenvalue weighted by Gasteiger charge is -2.22. The van der Waals surface area contributed by atoms with Crippen molar-refractivity contribution in [3.63, 3.8) is 0 Å². The van der Waals surface area contributed by atoms with Gasteiger partial charge in [-0.1, -0.05) is 391 Å². The number of amides is 1. The first-order chi connectivity index (χ1) is 41.0. The van der Waals surface area contributed by atoms with E-state index in [2.05, 4.69) is 43.5 Å². The molecule has 0 spiro atoms. The quantitative estimate of drug-likeness (QED) is 0.0320. The highest BCUT2D eigenvalue weighted by Crippen LogP contribution is 2.20. The first-order valence-corrected chi connectivity index (χ1v) is 38.1. The van der Waals surface area contributed by atoms with E-state index in [9.17, 15) is 19.8 Å².